The second-order valence-electron chi connectivity index (χ2n) is 5.64. The zero-order chi connectivity index (χ0) is 16.9. The number of carbonyl (C=O) groups is 2. The van der Waals surface area contributed by atoms with Crippen LogP contribution in [0.2, 0.25) is 0 Å². The van der Waals surface area contributed by atoms with Gasteiger partial charge in [0.15, 0.2) is 5.76 Å². The fourth-order valence-electron chi connectivity index (χ4n) is 2.69. The number of likely N-dealkylation sites (N-methyl/N-ethyl adjacent to an activating group) is 1. The zero-order valence-corrected chi connectivity index (χ0v) is 13.5. The van der Waals surface area contributed by atoms with E-state index >= 15 is 0 Å². The predicted octanol–water partition coefficient (Wildman–Crippen LogP) is 1.76. The van der Waals surface area contributed by atoms with Crippen molar-refractivity contribution in [2.45, 2.75) is 25.9 Å². The largest absolute Gasteiger partial charge is 0.439 e. The first-order chi connectivity index (χ1) is 11.7. The van der Waals surface area contributed by atoms with Gasteiger partial charge >= 0.3 is 6.03 Å². The number of oxazole rings is 1. The van der Waals surface area contributed by atoms with Crippen molar-refractivity contribution in [1.29, 1.82) is 0 Å². The Balaban J connectivity index is 1.49. The van der Waals surface area contributed by atoms with Crippen molar-refractivity contribution in [2.24, 2.45) is 0 Å². The molecule has 1 unspecified atom stereocenters. The maximum atomic E-state index is 11.9. The number of nitrogens with one attached hydrogen (secondary N) is 2. The molecule has 3 rings (SSSR count). The molecule has 0 spiro atoms. The molecule has 1 aromatic carbocycles. The molecule has 2 N–H and O–H groups in total. The van der Waals surface area contributed by atoms with Gasteiger partial charge in [-0.05, 0) is 6.92 Å². The third kappa shape index (κ3) is 3.73. The number of likely N-dealkylation sites (tertiary alicyclic amines) is 1. The van der Waals surface area contributed by atoms with Crippen molar-refractivity contribution in [3.05, 3.63) is 42.4 Å². The van der Waals surface area contributed by atoms with E-state index in [0.29, 0.717) is 31.2 Å². The highest BCUT2D eigenvalue weighted by atomic mass is 16.4. The molecule has 1 fully saturated rings. The lowest BCUT2D eigenvalue weighted by molar-refractivity contribution is -0.127. The summed E-state index contributed by atoms with van der Waals surface area (Å²) >= 11 is 0. The molecular formula is C17H20N4O3. The molecule has 1 atom stereocenters. The molecule has 7 nitrogen and oxygen atoms in total. The van der Waals surface area contributed by atoms with Gasteiger partial charge in [0.05, 0.1) is 18.8 Å². The van der Waals surface area contributed by atoms with E-state index in [4.69, 9.17) is 4.42 Å². The topological polar surface area (TPSA) is 87.5 Å². The Morgan fingerprint density at radius 3 is 2.88 bits per heavy atom. The Labute approximate surface area is 140 Å². The normalized spacial score (nSPS) is 17.1. The Morgan fingerprint density at radius 1 is 1.38 bits per heavy atom. The first-order valence-corrected chi connectivity index (χ1v) is 7.98. The van der Waals surface area contributed by atoms with E-state index in [9.17, 15) is 9.59 Å². The number of hydrogen-bond acceptors (Lipinski definition) is 4. The Bertz CT molecular complexity index is 714. The van der Waals surface area contributed by atoms with Crippen LogP contribution in [0.15, 0.2) is 40.9 Å². The molecule has 1 aliphatic rings. The summed E-state index contributed by atoms with van der Waals surface area (Å²) in [5.41, 5.74) is 0.935. The van der Waals surface area contributed by atoms with Crippen LogP contribution in [-0.4, -0.2) is 41.0 Å². The molecule has 1 aliphatic heterocycles. The minimum atomic E-state index is -0.329. The van der Waals surface area contributed by atoms with Gasteiger partial charge in [-0.3, -0.25) is 4.79 Å². The van der Waals surface area contributed by atoms with Crippen LogP contribution in [0.4, 0.5) is 4.79 Å². The number of carbonyl (C=O) groups excluding carboxylic acids is 2. The first kappa shape index (κ1) is 16.0. The zero-order valence-electron chi connectivity index (χ0n) is 13.5. The Hall–Kier alpha value is -2.83. The molecule has 0 radical (unpaired) electrons. The summed E-state index contributed by atoms with van der Waals surface area (Å²) in [6.07, 6.45) is 1.98. The van der Waals surface area contributed by atoms with E-state index in [1.165, 1.54) is 0 Å². The van der Waals surface area contributed by atoms with E-state index in [1.54, 1.807) is 11.1 Å². The van der Waals surface area contributed by atoms with Gasteiger partial charge in [-0.1, -0.05) is 30.3 Å². The summed E-state index contributed by atoms with van der Waals surface area (Å²) in [6, 6.07) is 9.16. The molecule has 7 heteroatoms. The second-order valence-corrected chi connectivity index (χ2v) is 5.64. The molecule has 1 saturated heterocycles. The van der Waals surface area contributed by atoms with Crippen LogP contribution >= 0.6 is 0 Å². The van der Waals surface area contributed by atoms with E-state index in [0.717, 1.165) is 5.56 Å². The van der Waals surface area contributed by atoms with Crippen molar-refractivity contribution in [3.8, 4) is 11.3 Å². The van der Waals surface area contributed by atoms with Crippen LogP contribution in [0.1, 0.15) is 19.2 Å². The van der Waals surface area contributed by atoms with Gasteiger partial charge in [-0.25, -0.2) is 9.78 Å². The maximum absolute atomic E-state index is 11.9. The summed E-state index contributed by atoms with van der Waals surface area (Å²) < 4.78 is 5.63. The summed E-state index contributed by atoms with van der Waals surface area (Å²) in [5.74, 6) is 1.16. The van der Waals surface area contributed by atoms with Crippen molar-refractivity contribution >= 4 is 11.9 Å². The van der Waals surface area contributed by atoms with Gasteiger partial charge in [0.1, 0.15) is 0 Å². The number of nitrogens with zero attached hydrogens (tertiary/aromatic N) is 2. The Kier molecular flexibility index (Phi) is 4.79. The lowest BCUT2D eigenvalue weighted by atomic mass is 10.2. The van der Waals surface area contributed by atoms with Crippen molar-refractivity contribution in [2.75, 3.05) is 13.1 Å². The summed E-state index contributed by atoms with van der Waals surface area (Å²) in [6.45, 7) is 3.33. The molecule has 3 amide bonds. The highest BCUT2D eigenvalue weighted by molar-refractivity contribution is 5.81. The van der Waals surface area contributed by atoms with E-state index in [1.807, 2.05) is 37.3 Å². The molecule has 1 aromatic heterocycles. The summed E-state index contributed by atoms with van der Waals surface area (Å²) in [7, 11) is 0. The van der Waals surface area contributed by atoms with Crippen molar-refractivity contribution in [3.63, 3.8) is 0 Å². The van der Waals surface area contributed by atoms with Crippen LogP contribution in [-0.2, 0) is 11.3 Å². The number of urea groups is 1. The number of benzene rings is 1. The minimum absolute atomic E-state index is 0.0722. The predicted molar refractivity (Wildman–Crippen MR) is 88.0 cm³/mol. The highest BCUT2D eigenvalue weighted by Crippen LogP contribution is 2.19. The van der Waals surface area contributed by atoms with E-state index < -0.39 is 0 Å². The fourth-order valence-corrected chi connectivity index (χ4v) is 2.69. The standard InChI is InChI=1S/C17H20N4O3/c1-2-21-11-13(8-16(21)22)20-17(23)19-10-15-18-9-14(24-15)12-6-4-3-5-7-12/h3-7,9,13H,2,8,10-11H2,1H3,(H2,19,20,23). The third-order valence-electron chi connectivity index (χ3n) is 3.94. The molecule has 0 aliphatic carbocycles. The van der Waals surface area contributed by atoms with Crippen LogP contribution in [0.25, 0.3) is 11.3 Å². The van der Waals surface area contributed by atoms with Gasteiger partial charge in [-0.15, -0.1) is 0 Å². The monoisotopic (exact) mass is 328 g/mol. The summed E-state index contributed by atoms with van der Waals surface area (Å²) in [5, 5.41) is 5.50. The van der Waals surface area contributed by atoms with Crippen LogP contribution in [0, 0.1) is 0 Å². The van der Waals surface area contributed by atoms with Gasteiger partial charge < -0.3 is 20.0 Å². The number of amides is 3. The van der Waals surface area contributed by atoms with Crippen LogP contribution in [0.3, 0.4) is 0 Å². The third-order valence-corrected chi connectivity index (χ3v) is 3.94. The average Bonchev–Trinajstić information content (AvgIpc) is 3.20. The lowest BCUT2D eigenvalue weighted by Gasteiger charge is -2.14. The minimum Gasteiger partial charge on any atom is -0.439 e. The Morgan fingerprint density at radius 2 is 2.17 bits per heavy atom. The highest BCUT2D eigenvalue weighted by Gasteiger charge is 2.29. The van der Waals surface area contributed by atoms with Gasteiger partial charge in [0.25, 0.3) is 0 Å². The van der Waals surface area contributed by atoms with Crippen LogP contribution < -0.4 is 10.6 Å². The molecule has 2 heterocycles. The van der Waals surface area contributed by atoms with Crippen LogP contribution in [0.5, 0.6) is 0 Å². The molecular weight excluding hydrogens is 308 g/mol. The second kappa shape index (κ2) is 7.16. The number of rotatable bonds is 5. The molecule has 24 heavy (non-hydrogen) atoms. The smallest absolute Gasteiger partial charge is 0.315 e. The molecule has 126 valence electrons. The molecule has 2 aromatic rings. The maximum Gasteiger partial charge on any atom is 0.315 e. The molecule has 0 bridgehead atoms. The first-order valence-electron chi connectivity index (χ1n) is 7.98. The van der Waals surface area contributed by atoms with Crippen molar-refractivity contribution in [1.82, 2.24) is 20.5 Å². The fraction of sp³-hybridized carbons (Fsp3) is 0.353. The summed E-state index contributed by atoms with van der Waals surface area (Å²) in [4.78, 5) is 29.5. The van der Waals surface area contributed by atoms with E-state index in [-0.39, 0.29) is 24.5 Å². The van der Waals surface area contributed by atoms with Gasteiger partial charge in [0.2, 0.25) is 11.8 Å². The average molecular weight is 328 g/mol. The van der Waals surface area contributed by atoms with Gasteiger partial charge in [0, 0.05) is 25.1 Å². The number of aromatic nitrogens is 1. The van der Waals surface area contributed by atoms with Crippen molar-refractivity contribution < 1.29 is 14.0 Å². The lowest BCUT2D eigenvalue weighted by Crippen LogP contribution is -2.43. The quantitative estimate of drug-likeness (QED) is 0.875. The van der Waals surface area contributed by atoms with Gasteiger partial charge in [-0.2, -0.15) is 0 Å². The number of hydrogen-bond donors (Lipinski definition) is 2. The SMILES string of the molecule is CCN1CC(NC(=O)NCc2ncc(-c3ccccc3)o2)CC1=O. The van der Waals surface area contributed by atoms with E-state index in [2.05, 4.69) is 15.6 Å². The molecule has 0 saturated carbocycles.